The molecule has 7 heteroatoms. The van der Waals surface area contributed by atoms with Crippen molar-refractivity contribution in [2.75, 3.05) is 6.61 Å². The molecular formula is C18H18Cl2N2O3. The van der Waals surface area contributed by atoms with Crippen LogP contribution in [0.2, 0.25) is 10.3 Å². The van der Waals surface area contributed by atoms with E-state index < -0.39 is 5.97 Å². The van der Waals surface area contributed by atoms with Crippen molar-refractivity contribution in [1.29, 1.82) is 0 Å². The lowest BCUT2D eigenvalue weighted by Gasteiger charge is -2.14. The molecular weight excluding hydrogens is 363 g/mol. The van der Waals surface area contributed by atoms with Gasteiger partial charge in [-0.05, 0) is 37.5 Å². The Morgan fingerprint density at radius 3 is 2.44 bits per heavy atom. The summed E-state index contributed by atoms with van der Waals surface area (Å²) in [7, 11) is 0. The molecule has 2 rings (SSSR count). The van der Waals surface area contributed by atoms with Gasteiger partial charge in [0.1, 0.15) is 10.3 Å². The van der Waals surface area contributed by atoms with Crippen molar-refractivity contribution in [2.45, 2.75) is 25.8 Å². The predicted molar refractivity (Wildman–Crippen MR) is 96.9 cm³/mol. The van der Waals surface area contributed by atoms with Crippen molar-refractivity contribution >= 4 is 35.1 Å². The molecule has 1 aromatic heterocycles. The maximum absolute atomic E-state index is 11.9. The van der Waals surface area contributed by atoms with Crippen LogP contribution in [0.25, 0.3) is 0 Å². The third-order valence-corrected chi connectivity index (χ3v) is 3.84. The van der Waals surface area contributed by atoms with Crippen LogP contribution in [0.15, 0.2) is 42.5 Å². The number of carbonyl (C=O) groups excluding carboxylic acids is 2. The van der Waals surface area contributed by atoms with Crippen molar-refractivity contribution in [3.05, 3.63) is 63.9 Å². The Hall–Kier alpha value is -2.11. The first-order valence-corrected chi connectivity index (χ1v) is 8.53. The Balaban J connectivity index is 1.75. The van der Waals surface area contributed by atoms with Crippen molar-refractivity contribution in [1.82, 2.24) is 10.3 Å². The van der Waals surface area contributed by atoms with E-state index >= 15 is 0 Å². The van der Waals surface area contributed by atoms with Crippen LogP contribution >= 0.6 is 23.2 Å². The second-order valence-corrected chi connectivity index (χ2v) is 6.34. The summed E-state index contributed by atoms with van der Waals surface area (Å²) in [5.74, 6) is -1.04. The lowest BCUT2D eigenvalue weighted by atomic mass is 10.1. The summed E-state index contributed by atoms with van der Waals surface area (Å²) in [6, 6.07) is 12.6. The zero-order valence-corrected chi connectivity index (χ0v) is 15.2. The quantitative estimate of drug-likeness (QED) is 0.587. The van der Waals surface area contributed by atoms with E-state index in [0.717, 1.165) is 12.8 Å². The fourth-order valence-electron chi connectivity index (χ4n) is 2.21. The number of ether oxygens (including phenoxy) is 1. The Labute approximate surface area is 156 Å². The highest BCUT2D eigenvalue weighted by Gasteiger charge is 2.14. The number of hydrogen-bond acceptors (Lipinski definition) is 4. The molecule has 0 spiro atoms. The minimum Gasteiger partial charge on any atom is -0.452 e. The molecule has 0 saturated heterocycles. The summed E-state index contributed by atoms with van der Waals surface area (Å²) in [4.78, 5) is 27.5. The minimum absolute atomic E-state index is 0.0313. The number of nitrogens with zero attached hydrogens (tertiary/aromatic N) is 1. The fourth-order valence-corrected chi connectivity index (χ4v) is 2.67. The third-order valence-electron chi connectivity index (χ3n) is 3.45. The Bertz CT molecular complexity index is 718. The molecule has 1 unspecified atom stereocenters. The van der Waals surface area contributed by atoms with Gasteiger partial charge in [0, 0.05) is 6.04 Å². The summed E-state index contributed by atoms with van der Waals surface area (Å²) in [6.45, 7) is 1.54. The van der Waals surface area contributed by atoms with Crippen molar-refractivity contribution < 1.29 is 14.3 Å². The number of aryl methyl sites for hydroxylation is 1. The van der Waals surface area contributed by atoms with Crippen LogP contribution in [0.1, 0.15) is 29.3 Å². The zero-order chi connectivity index (χ0) is 18.2. The number of aromatic nitrogens is 1. The van der Waals surface area contributed by atoms with Crippen molar-refractivity contribution in [3.63, 3.8) is 0 Å². The van der Waals surface area contributed by atoms with Gasteiger partial charge in [0.05, 0.1) is 5.56 Å². The lowest BCUT2D eigenvalue weighted by molar-refractivity contribution is -0.124. The molecule has 132 valence electrons. The molecule has 1 aromatic carbocycles. The highest BCUT2D eigenvalue weighted by molar-refractivity contribution is 6.32. The first kappa shape index (κ1) is 19.2. The highest BCUT2D eigenvalue weighted by Crippen LogP contribution is 2.15. The van der Waals surface area contributed by atoms with E-state index in [1.165, 1.54) is 17.7 Å². The minimum atomic E-state index is -0.682. The SMILES string of the molecule is CC(CCc1ccccc1)NC(=O)COC(=O)c1cc(Cl)nc(Cl)c1. The van der Waals surface area contributed by atoms with Crippen LogP contribution in [0.3, 0.4) is 0 Å². The summed E-state index contributed by atoms with van der Waals surface area (Å²) >= 11 is 11.5. The molecule has 1 N–H and O–H groups in total. The number of hydrogen-bond donors (Lipinski definition) is 1. The van der Waals surface area contributed by atoms with E-state index in [1.807, 2.05) is 37.3 Å². The Kier molecular flexibility index (Phi) is 7.22. The van der Waals surface area contributed by atoms with Crippen LogP contribution in [0, 0.1) is 0 Å². The second-order valence-electron chi connectivity index (χ2n) is 5.57. The molecule has 0 aliphatic carbocycles. The fraction of sp³-hybridized carbons (Fsp3) is 0.278. The number of amides is 1. The Morgan fingerprint density at radius 2 is 1.80 bits per heavy atom. The molecule has 5 nitrogen and oxygen atoms in total. The molecule has 2 aromatic rings. The van der Waals surface area contributed by atoms with Crippen LogP contribution < -0.4 is 5.32 Å². The van der Waals surface area contributed by atoms with Gasteiger partial charge in [0.2, 0.25) is 0 Å². The molecule has 0 aliphatic rings. The van der Waals surface area contributed by atoms with Gasteiger partial charge in [-0.1, -0.05) is 53.5 Å². The van der Waals surface area contributed by atoms with Crippen molar-refractivity contribution in [2.24, 2.45) is 0 Å². The van der Waals surface area contributed by atoms with Crippen LogP contribution in [0.5, 0.6) is 0 Å². The molecule has 1 heterocycles. The molecule has 0 fully saturated rings. The molecule has 25 heavy (non-hydrogen) atoms. The van der Waals surface area contributed by atoms with Crippen molar-refractivity contribution in [3.8, 4) is 0 Å². The average molecular weight is 381 g/mol. The van der Waals surface area contributed by atoms with Crippen LogP contribution in [0.4, 0.5) is 0 Å². The summed E-state index contributed by atoms with van der Waals surface area (Å²) < 4.78 is 4.97. The van der Waals surface area contributed by atoms with Gasteiger partial charge in [0.15, 0.2) is 6.61 Å². The number of nitrogens with one attached hydrogen (secondary N) is 1. The number of esters is 1. The lowest BCUT2D eigenvalue weighted by Crippen LogP contribution is -2.36. The van der Waals surface area contributed by atoms with Gasteiger partial charge in [0.25, 0.3) is 5.91 Å². The predicted octanol–water partition coefficient (Wildman–Crippen LogP) is 3.68. The first-order chi connectivity index (χ1) is 11.9. The molecule has 0 aliphatic heterocycles. The van der Waals surface area contributed by atoms with Gasteiger partial charge >= 0.3 is 5.97 Å². The van der Waals surface area contributed by atoms with Crippen LogP contribution in [-0.4, -0.2) is 29.5 Å². The van der Waals surface area contributed by atoms with Gasteiger partial charge in [-0.2, -0.15) is 0 Å². The first-order valence-electron chi connectivity index (χ1n) is 7.77. The summed E-state index contributed by atoms with van der Waals surface area (Å²) in [6.07, 6.45) is 1.65. The highest BCUT2D eigenvalue weighted by atomic mass is 35.5. The van der Waals surface area contributed by atoms with Gasteiger partial charge < -0.3 is 10.1 Å². The van der Waals surface area contributed by atoms with E-state index in [4.69, 9.17) is 27.9 Å². The molecule has 0 radical (unpaired) electrons. The maximum atomic E-state index is 11.9. The van der Waals surface area contributed by atoms with E-state index in [2.05, 4.69) is 10.3 Å². The van der Waals surface area contributed by atoms with E-state index in [0.29, 0.717) is 0 Å². The largest absolute Gasteiger partial charge is 0.452 e. The molecule has 1 amide bonds. The van der Waals surface area contributed by atoms with Crippen LogP contribution in [-0.2, 0) is 16.0 Å². The normalized spacial score (nSPS) is 11.6. The second kappa shape index (κ2) is 9.39. The Morgan fingerprint density at radius 1 is 1.16 bits per heavy atom. The monoisotopic (exact) mass is 380 g/mol. The van der Waals surface area contributed by atoms with Gasteiger partial charge in [-0.15, -0.1) is 0 Å². The maximum Gasteiger partial charge on any atom is 0.338 e. The summed E-state index contributed by atoms with van der Waals surface area (Å²) in [5.41, 5.74) is 1.36. The van der Waals surface area contributed by atoms with E-state index in [9.17, 15) is 9.59 Å². The van der Waals surface area contributed by atoms with E-state index in [1.54, 1.807) is 0 Å². The molecule has 0 saturated carbocycles. The topological polar surface area (TPSA) is 68.3 Å². The third kappa shape index (κ3) is 6.72. The summed E-state index contributed by atoms with van der Waals surface area (Å²) in [5, 5.41) is 2.96. The number of halogens is 2. The van der Waals surface area contributed by atoms with Gasteiger partial charge in [-0.3, -0.25) is 4.79 Å². The number of pyridine rings is 1. The van der Waals surface area contributed by atoms with Gasteiger partial charge in [-0.25, -0.2) is 9.78 Å². The zero-order valence-electron chi connectivity index (χ0n) is 13.7. The molecule has 1 atom stereocenters. The number of rotatable bonds is 7. The molecule has 0 bridgehead atoms. The number of benzene rings is 1. The average Bonchev–Trinajstić information content (AvgIpc) is 2.58. The van der Waals surface area contributed by atoms with E-state index in [-0.39, 0.29) is 34.4 Å². The smallest absolute Gasteiger partial charge is 0.338 e. The number of carbonyl (C=O) groups is 2. The standard InChI is InChI=1S/C18H18Cl2N2O3/c1-12(7-8-13-5-3-2-4-6-13)21-17(23)11-25-18(24)14-9-15(19)22-16(20)10-14/h2-6,9-10,12H,7-8,11H2,1H3,(H,21,23).